The van der Waals surface area contributed by atoms with Gasteiger partial charge in [-0.2, -0.15) is 5.10 Å². The maximum atomic E-state index is 12.4. The second kappa shape index (κ2) is 7.91. The number of carbonyl (C=O) groups is 1. The second-order valence-corrected chi connectivity index (χ2v) is 6.48. The van der Waals surface area contributed by atoms with Crippen molar-refractivity contribution in [3.05, 3.63) is 83.5 Å². The predicted molar refractivity (Wildman–Crippen MR) is 110 cm³/mol. The fourth-order valence-corrected chi connectivity index (χ4v) is 3.20. The van der Waals surface area contributed by atoms with Crippen molar-refractivity contribution in [2.45, 2.75) is 19.4 Å². The standard InChI is InChI=1S/C22H23N3O2/c1-14-5-4-6-16(8-7-14)21(25-23)13-19(15(2)26)22-12-17-11-18(27-3)9-10-20(17)24-22/h4-11,13,22,24H,1,12,23H2,2-3H3/b19-13+,25-21+. The number of benzene rings is 1. The monoisotopic (exact) mass is 361 g/mol. The number of methoxy groups -OCH3 is 1. The van der Waals surface area contributed by atoms with Crippen molar-refractivity contribution in [2.75, 3.05) is 12.4 Å². The largest absolute Gasteiger partial charge is 0.497 e. The van der Waals surface area contributed by atoms with Crippen LogP contribution >= 0.6 is 0 Å². The molecule has 0 fully saturated rings. The summed E-state index contributed by atoms with van der Waals surface area (Å²) in [6.45, 7) is 5.48. The average Bonchev–Trinajstić information content (AvgIpc) is 2.95. The number of ketones is 1. The van der Waals surface area contributed by atoms with Crippen molar-refractivity contribution in [3.63, 3.8) is 0 Å². The lowest BCUT2D eigenvalue weighted by atomic mass is 9.96. The van der Waals surface area contributed by atoms with Crippen LogP contribution in [0, 0.1) is 0 Å². The average molecular weight is 361 g/mol. The Labute approximate surface area is 159 Å². The molecular formula is C22H23N3O2. The highest BCUT2D eigenvalue weighted by atomic mass is 16.5. The van der Waals surface area contributed by atoms with Crippen LogP contribution in [0.25, 0.3) is 0 Å². The van der Waals surface area contributed by atoms with Gasteiger partial charge in [0.05, 0.1) is 18.9 Å². The summed E-state index contributed by atoms with van der Waals surface area (Å²) in [7, 11) is 1.64. The number of rotatable bonds is 5. The molecule has 1 heterocycles. The molecule has 1 aliphatic heterocycles. The topological polar surface area (TPSA) is 76.7 Å². The molecule has 0 bridgehead atoms. The zero-order chi connectivity index (χ0) is 19.4. The number of nitrogens with two attached hydrogens (primary N) is 1. The highest BCUT2D eigenvalue weighted by Gasteiger charge is 2.27. The molecule has 0 spiro atoms. The minimum atomic E-state index is -0.137. The van der Waals surface area contributed by atoms with E-state index in [2.05, 4.69) is 17.0 Å². The van der Waals surface area contributed by atoms with Crippen LogP contribution in [0.15, 0.2) is 83.1 Å². The number of anilines is 1. The van der Waals surface area contributed by atoms with Gasteiger partial charge < -0.3 is 15.9 Å². The Morgan fingerprint density at radius 1 is 1.37 bits per heavy atom. The molecule has 0 aromatic heterocycles. The van der Waals surface area contributed by atoms with E-state index in [1.165, 1.54) is 0 Å². The van der Waals surface area contributed by atoms with Crippen LogP contribution in [-0.2, 0) is 11.2 Å². The van der Waals surface area contributed by atoms with E-state index >= 15 is 0 Å². The summed E-state index contributed by atoms with van der Waals surface area (Å²) in [6, 6.07) is 5.72. The Bertz CT molecular complexity index is 933. The van der Waals surface area contributed by atoms with Crippen LogP contribution in [0.4, 0.5) is 5.69 Å². The maximum absolute atomic E-state index is 12.4. The summed E-state index contributed by atoms with van der Waals surface area (Å²) in [5.74, 6) is 6.41. The molecule has 27 heavy (non-hydrogen) atoms. The number of carbonyl (C=O) groups excluding carboxylic acids is 1. The Morgan fingerprint density at radius 2 is 2.19 bits per heavy atom. The van der Waals surface area contributed by atoms with Gasteiger partial charge in [-0.3, -0.25) is 4.79 Å². The van der Waals surface area contributed by atoms with Gasteiger partial charge >= 0.3 is 0 Å². The van der Waals surface area contributed by atoms with E-state index in [-0.39, 0.29) is 11.8 Å². The van der Waals surface area contributed by atoms with E-state index < -0.39 is 0 Å². The molecule has 0 saturated heterocycles. The highest BCUT2D eigenvalue weighted by Crippen LogP contribution is 2.32. The third kappa shape index (κ3) is 4.08. The smallest absolute Gasteiger partial charge is 0.157 e. The minimum Gasteiger partial charge on any atom is -0.497 e. The first-order chi connectivity index (χ1) is 13.0. The Hall–Kier alpha value is -3.34. The van der Waals surface area contributed by atoms with E-state index in [1.807, 2.05) is 48.6 Å². The summed E-state index contributed by atoms with van der Waals surface area (Å²) in [5.41, 5.74) is 5.01. The van der Waals surface area contributed by atoms with Gasteiger partial charge in [-0.15, -0.1) is 0 Å². The second-order valence-electron chi connectivity index (χ2n) is 6.48. The van der Waals surface area contributed by atoms with Gasteiger partial charge in [-0.25, -0.2) is 0 Å². The molecule has 1 atom stereocenters. The summed E-state index contributed by atoms with van der Waals surface area (Å²) in [5, 5.41) is 7.32. The number of hydrogen-bond donors (Lipinski definition) is 2. The molecule has 1 aromatic rings. The van der Waals surface area contributed by atoms with Crippen molar-refractivity contribution >= 4 is 17.2 Å². The third-order valence-electron chi connectivity index (χ3n) is 4.64. The molecular weight excluding hydrogens is 338 g/mol. The van der Waals surface area contributed by atoms with Gasteiger partial charge in [0.2, 0.25) is 0 Å². The van der Waals surface area contributed by atoms with E-state index in [4.69, 9.17) is 10.6 Å². The first-order valence-electron chi connectivity index (χ1n) is 8.71. The number of Topliss-reactive ketones (excluding diaryl/α,β-unsaturated/α-hetero) is 1. The molecule has 3 N–H and O–H groups in total. The number of hydrogen-bond acceptors (Lipinski definition) is 5. The Kier molecular flexibility index (Phi) is 5.41. The predicted octanol–water partition coefficient (Wildman–Crippen LogP) is 3.47. The molecule has 3 rings (SSSR count). The molecule has 5 heteroatoms. The Morgan fingerprint density at radius 3 is 2.89 bits per heavy atom. The number of nitrogens with one attached hydrogen (secondary N) is 1. The summed E-state index contributed by atoms with van der Waals surface area (Å²) in [4.78, 5) is 12.4. The van der Waals surface area contributed by atoms with Gasteiger partial charge in [0.1, 0.15) is 5.75 Å². The van der Waals surface area contributed by atoms with Crippen molar-refractivity contribution in [3.8, 4) is 5.75 Å². The molecule has 1 aromatic carbocycles. The number of ether oxygens (including phenoxy) is 1. The summed E-state index contributed by atoms with van der Waals surface area (Å²) >= 11 is 0. The summed E-state index contributed by atoms with van der Waals surface area (Å²) < 4.78 is 5.29. The lowest BCUT2D eigenvalue weighted by molar-refractivity contribution is -0.113. The molecule has 0 saturated carbocycles. The number of nitrogens with zero attached hydrogens (tertiary/aromatic N) is 1. The molecule has 5 nitrogen and oxygen atoms in total. The first kappa shape index (κ1) is 18.5. The number of fused-ring (bicyclic) bond motifs is 1. The molecule has 138 valence electrons. The van der Waals surface area contributed by atoms with Crippen molar-refractivity contribution < 1.29 is 9.53 Å². The molecule has 0 amide bonds. The quantitative estimate of drug-likeness (QED) is 0.364. The summed E-state index contributed by atoms with van der Waals surface area (Å²) in [6.07, 6.45) is 11.9. The van der Waals surface area contributed by atoms with Gasteiger partial charge in [0.15, 0.2) is 5.78 Å². The molecule has 1 aliphatic carbocycles. The van der Waals surface area contributed by atoms with Gasteiger partial charge in [-0.05, 0) is 48.8 Å². The van der Waals surface area contributed by atoms with Crippen LogP contribution in [0.2, 0.25) is 0 Å². The third-order valence-corrected chi connectivity index (χ3v) is 4.64. The minimum absolute atomic E-state index is 0.0217. The first-order valence-corrected chi connectivity index (χ1v) is 8.71. The van der Waals surface area contributed by atoms with E-state index in [9.17, 15) is 4.79 Å². The molecule has 1 unspecified atom stereocenters. The van der Waals surface area contributed by atoms with E-state index in [0.717, 1.165) is 28.1 Å². The normalized spacial score (nSPS) is 19.3. The van der Waals surface area contributed by atoms with Gasteiger partial charge in [0.25, 0.3) is 0 Å². The van der Waals surface area contributed by atoms with Crippen LogP contribution in [0.1, 0.15) is 12.5 Å². The van der Waals surface area contributed by atoms with Crippen molar-refractivity contribution in [1.29, 1.82) is 0 Å². The lowest BCUT2D eigenvalue weighted by Crippen LogP contribution is -2.24. The zero-order valence-corrected chi connectivity index (χ0v) is 15.5. The maximum Gasteiger partial charge on any atom is 0.157 e. The van der Waals surface area contributed by atoms with Crippen molar-refractivity contribution in [2.24, 2.45) is 10.9 Å². The van der Waals surface area contributed by atoms with E-state index in [0.29, 0.717) is 17.7 Å². The fourth-order valence-electron chi connectivity index (χ4n) is 3.20. The van der Waals surface area contributed by atoms with Crippen LogP contribution in [-0.4, -0.2) is 24.6 Å². The molecule has 0 radical (unpaired) electrons. The fraction of sp³-hybridized carbons (Fsp3) is 0.182. The highest BCUT2D eigenvalue weighted by molar-refractivity contribution is 6.14. The van der Waals surface area contributed by atoms with Crippen LogP contribution in [0.3, 0.4) is 0 Å². The SMILES string of the molecule is C=C1C=CC=C(C(/C=C(\C(C)=O)C2Cc3cc(OC)ccc3N2)=N/N)C=C1. The molecule has 2 aliphatic rings. The van der Waals surface area contributed by atoms with Crippen LogP contribution < -0.4 is 15.9 Å². The number of hydrazone groups is 1. The number of allylic oxidation sites excluding steroid dienone is 8. The van der Waals surface area contributed by atoms with Crippen molar-refractivity contribution in [1.82, 2.24) is 0 Å². The van der Waals surface area contributed by atoms with Gasteiger partial charge in [0, 0.05) is 16.8 Å². The lowest BCUT2D eigenvalue weighted by Gasteiger charge is -2.14. The Balaban J connectivity index is 1.90. The van der Waals surface area contributed by atoms with Gasteiger partial charge in [-0.1, -0.05) is 37.0 Å². The van der Waals surface area contributed by atoms with E-state index in [1.54, 1.807) is 20.1 Å². The van der Waals surface area contributed by atoms with Crippen LogP contribution in [0.5, 0.6) is 5.75 Å². The zero-order valence-electron chi connectivity index (χ0n) is 15.5.